The predicted octanol–water partition coefficient (Wildman–Crippen LogP) is 3.18. The van der Waals surface area contributed by atoms with E-state index in [0.29, 0.717) is 3.95 Å². The van der Waals surface area contributed by atoms with Crippen LogP contribution < -0.4 is 5.32 Å². The molecule has 0 bridgehead atoms. The first-order valence-electron chi connectivity index (χ1n) is 4.07. The van der Waals surface area contributed by atoms with Crippen molar-refractivity contribution in [3.63, 3.8) is 0 Å². The van der Waals surface area contributed by atoms with Crippen LogP contribution in [0.4, 0.5) is 5.13 Å². The van der Waals surface area contributed by atoms with Gasteiger partial charge in [-0.15, -0.1) is 16.4 Å². The van der Waals surface area contributed by atoms with E-state index < -0.39 is 0 Å². The highest BCUT2D eigenvalue weighted by molar-refractivity contribution is 7.73. The average Bonchev–Trinajstić information content (AvgIpc) is 2.72. The molecule has 2 rings (SSSR count). The van der Waals surface area contributed by atoms with E-state index in [4.69, 9.17) is 12.2 Å². The molecule has 2 aromatic rings. The van der Waals surface area contributed by atoms with E-state index in [0.717, 1.165) is 11.7 Å². The monoisotopic (exact) mass is 243 g/mol. The van der Waals surface area contributed by atoms with Gasteiger partial charge in [-0.05, 0) is 36.2 Å². The normalized spacial score (nSPS) is 10.4. The third-order valence-electron chi connectivity index (χ3n) is 1.64. The number of hydrogen-bond donors (Lipinski definition) is 2. The molecule has 2 aromatic heterocycles. The fourth-order valence-electron chi connectivity index (χ4n) is 1.05. The molecule has 0 aliphatic carbocycles. The summed E-state index contributed by atoms with van der Waals surface area (Å²) in [6.45, 7) is 2.91. The van der Waals surface area contributed by atoms with E-state index >= 15 is 0 Å². The van der Waals surface area contributed by atoms with Gasteiger partial charge in [0.1, 0.15) is 0 Å². The van der Waals surface area contributed by atoms with Crippen LogP contribution in [0.2, 0.25) is 0 Å². The molecule has 0 saturated heterocycles. The molecule has 3 nitrogen and oxygen atoms in total. The van der Waals surface area contributed by atoms with Crippen LogP contribution >= 0.6 is 34.9 Å². The maximum atomic E-state index is 4.93. The van der Waals surface area contributed by atoms with E-state index in [1.807, 2.05) is 0 Å². The zero-order chi connectivity index (χ0) is 9.97. The number of hydrogen-bond acceptors (Lipinski definition) is 5. The van der Waals surface area contributed by atoms with Gasteiger partial charge in [0.05, 0.1) is 6.54 Å². The van der Waals surface area contributed by atoms with E-state index in [1.54, 1.807) is 11.3 Å². The largest absolute Gasteiger partial charge is 0.355 e. The fraction of sp³-hybridized carbons (Fsp3) is 0.250. The minimum atomic E-state index is 0.704. The Morgan fingerprint density at radius 3 is 3.07 bits per heavy atom. The fourth-order valence-corrected chi connectivity index (χ4v) is 2.65. The minimum Gasteiger partial charge on any atom is -0.355 e. The van der Waals surface area contributed by atoms with Crippen LogP contribution in [0.25, 0.3) is 0 Å². The van der Waals surface area contributed by atoms with Gasteiger partial charge in [0.25, 0.3) is 0 Å². The molecule has 0 aromatic carbocycles. The topological polar surface area (TPSA) is 40.7 Å². The van der Waals surface area contributed by atoms with Gasteiger partial charge in [0.15, 0.2) is 3.95 Å². The van der Waals surface area contributed by atoms with Crippen molar-refractivity contribution >= 4 is 40.0 Å². The van der Waals surface area contributed by atoms with Crippen LogP contribution in [0.5, 0.6) is 0 Å². The second-order valence-electron chi connectivity index (χ2n) is 2.86. The molecule has 0 unspecified atom stereocenters. The first-order valence-corrected chi connectivity index (χ1v) is 6.18. The van der Waals surface area contributed by atoms with Crippen molar-refractivity contribution in [2.75, 3.05) is 5.32 Å². The number of aryl methyl sites for hydroxylation is 1. The highest BCUT2D eigenvalue weighted by Gasteiger charge is 1.99. The molecule has 0 atom stereocenters. The van der Waals surface area contributed by atoms with Crippen LogP contribution in [0.3, 0.4) is 0 Å². The first kappa shape index (κ1) is 9.82. The van der Waals surface area contributed by atoms with Crippen LogP contribution in [-0.4, -0.2) is 10.2 Å². The average molecular weight is 243 g/mol. The number of H-pyrrole nitrogens is 1. The Morgan fingerprint density at radius 1 is 1.64 bits per heavy atom. The third-order valence-corrected chi connectivity index (χ3v) is 3.74. The Labute approximate surface area is 94.8 Å². The number of nitrogens with zero attached hydrogens (tertiary/aromatic N) is 1. The number of aromatic amines is 1. The molecule has 0 fully saturated rings. The van der Waals surface area contributed by atoms with Crippen molar-refractivity contribution in [2.45, 2.75) is 13.5 Å². The molecule has 0 radical (unpaired) electrons. The minimum absolute atomic E-state index is 0.704. The maximum absolute atomic E-state index is 4.93. The molecule has 74 valence electrons. The number of thiophene rings is 1. The molecule has 2 N–H and O–H groups in total. The number of aromatic nitrogens is 2. The summed E-state index contributed by atoms with van der Waals surface area (Å²) in [5.74, 6) is 0. The lowest BCUT2D eigenvalue weighted by Crippen LogP contribution is -1.96. The molecule has 6 heteroatoms. The van der Waals surface area contributed by atoms with Crippen molar-refractivity contribution in [3.8, 4) is 0 Å². The van der Waals surface area contributed by atoms with Crippen molar-refractivity contribution < 1.29 is 0 Å². The van der Waals surface area contributed by atoms with Gasteiger partial charge in [-0.2, -0.15) is 0 Å². The molecule has 0 spiro atoms. The standard InChI is InChI=1S/C8H9N3S3/c1-5-2-6(13-4-5)3-9-7-10-11-8(12)14-7/h2,4H,3H2,1H3,(H,9,10)(H,11,12). The number of nitrogens with one attached hydrogen (secondary N) is 2. The van der Waals surface area contributed by atoms with Gasteiger partial charge in [-0.3, -0.25) is 5.10 Å². The smallest absolute Gasteiger partial charge is 0.204 e. The van der Waals surface area contributed by atoms with Crippen molar-refractivity contribution in [3.05, 3.63) is 25.8 Å². The van der Waals surface area contributed by atoms with Crippen molar-refractivity contribution in [1.82, 2.24) is 10.2 Å². The van der Waals surface area contributed by atoms with E-state index in [1.165, 1.54) is 21.8 Å². The zero-order valence-corrected chi connectivity index (χ0v) is 9.98. The van der Waals surface area contributed by atoms with Crippen LogP contribution in [-0.2, 0) is 6.54 Å². The highest BCUT2D eigenvalue weighted by Crippen LogP contribution is 2.17. The Morgan fingerprint density at radius 2 is 2.50 bits per heavy atom. The summed E-state index contributed by atoms with van der Waals surface area (Å²) in [6.07, 6.45) is 0. The Hall–Kier alpha value is -0.720. The summed E-state index contributed by atoms with van der Waals surface area (Å²) in [5, 5.41) is 13.0. The van der Waals surface area contributed by atoms with Crippen LogP contribution in [0.15, 0.2) is 11.4 Å². The summed E-state index contributed by atoms with van der Waals surface area (Å²) in [7, 11) is 0. The molecule has 0 amide bonds. The SMILES string of the molecule is Cc1csc(CNc2n[nH]c(=S)s2)c1. The highest BCUT2D eigenvalue weighted by atomic mass is 32.1. The molecular weight excluding hydrogens is 234 g/mol. The van der Waals surface area contributed by atoms with Crippen molar-refractivity contribution in [2.24, 2.45) is 0 Å². The summed E-state index contributed by atoms with van der Waals surface area (Å²) < 4.78 is 0.704. The van der Waals surface area contributed by atoms with Gasteiger partial charge in [0, 0.05) is 4.88 Å². The van der Waals surface area contributed by atoms with E-state index in [2.05, 4.69) is 33.9 Å². The Kier molecular flexibility index (Phi) is 2.95. The van der Waals surface area contributed by atoms with Gasteiger partial charge in [0.2, 0.25) is 5.13 Å². The summed E-state index contributed by atoms with van der Waals surface area (Å²) in [5.41, 5.74) is 1.31. The van der Waals surface area contributed by atoms with Crippen LogP contribution in [0, 0.1) is 10.9 Å². The Bertz CT molecular complexity index is 468. The zero-order valence-electron chi connectivity index (χ0n) is 7.53. The molecule has 0 saturated carbocycles. The van der Waals surface area contributed by atoms with Gasteiger partial charge >= 0.3 is 0 Å². The lowest BCUT2D eigenvalue weighted by molar-refractivity contribution is 1.05. The lowest BCUT2D eigenvalue weighted by atomic mass is 10.3. The van der Waals surface area contributed by atoms with Gasteiger partial charge < -0.3 is 5.32 Å². The number of anilines is 1. The quantitative estimate of drug-likeness (QED) is 0.813. The molecule has 14 heavy (non-hydrogen) atoms. The predicted molar refractivity (Wildman–Crippen MR) is 63.7 cm³/mol. The molecule has 0 aliphatic heterocycles. The van der Waals surface area contributed by atoms with E-state index in [-0.39, 0.29) is 0 Å². The molecule has 0 aliphatic rings. The summed E-state index contributed by atoms with van der Waals surface area (Å²) >= 11 is 8.14. The lowest BCUT2D eigenvalue weighted by Gasteiger charge is -1.97. The number of rotatable bonds is 3. The second kappa shape index (κ2) is 4.20. The van der Waals surface area contributed by atoms with Gasteiger partial charge in [-0.1, -0.05) is 11.3 Å². The van der Waals surface area contributed by atoms with Crippen LogP contribution in [0.1, 0.15) is 10.4 Å². The second-order valence-corrected chi connectivity index (χ2v) is 5.52. The van der Waals surface area contributed by atoms with E-state index in [9.17, 15) is 0 Å². The molecular formula is C8H9N3S3. The summed E-state index contributed by atoms with van der Waals surface area (Å²) in [4.78, 5) is 1.31. The first-order chi connectivity index (χ1) is 6.74. The van der Waals surface area contributed by atoms with Gasteiger partial charge in [-0.25, -0.2) is 0 Å². The maximum Gasteiger partial charge on any atom is 0.204 e. The summed E-state index contributed by atoms with van der Waals surface area (Å²) in [6, 6.07) is 2.17. The third kappa shape index (κ3) is 2.40. The Balaban J connectivity index is 1.98. The molecule has 2 heterocycles. The van der Waals surface area contributed by atoms with Crippen molar-refractivity contribution in [1.29, 1.82) is 0 Å².